The molecule has 0 fully saturated rings. The van der Waals surface area contributed by atoms with Crippen molar-refractivity contribution in [2.24, 2.45) is 0 Å². The van der Waals surface area contributed by atoms with Gasteiger partial charge in [0, 0.05) is 5.25 Å². The molecule has 104 valence electrons. The maximum absolute atomic E-state index is 3.75. The van der Waals surface area contributed by atoms with Crippen molar-refractivity contribution in [1.82, 2.24) is 5.32 Å². The zero-order chi connectivity index (χ0) is 13.9. The number of benzene rings is 2. The molecule has 0 radical (unpaired) electrons. The Morgan fingerprint density at radius 2 is 1.55 bits per heavy atom. The highest BCUT2D eigenvalue weighted by Gasteiger charge is 2.27. The lowest BCUT2D eigenvalue weighted by Crippen LogP contribution is -2.23. The minimum absolute atomic E-state index is 0.358. The van der Waals surface area contributed by atoms with Crippen LogP contribution in [0.4, 0.5) is 0 Å². The van der Waals surface area contributed by atoms with Crippen LogP contribution in [0.1, 0.15) is 30.5 Å². The van der Waals surface area contributed by atoms with Crippen molar-refractivity contribution in [3.63, 3.8) is 0 Å². The van der Waals surface area contributed by atoms with Crippen molar-refractivity contribution in [2.45, 2.75) is 24.6 Å². The van der Waals surface area contributed by atoms with Gasteiger partial charge in [-0.15, -0.1) is 0 Å². The van der Waals surface area contributed by atoms with Crippen molar-refractivity contribution in [3.05, 3.63) is 59.7 Å². The SMILES string of the molecule is CSC(C)CCNC1c2ccccc2-c2ccccc21. The Kier molecular flexibility index (Phi) is 4.13. The molecule has 0 saturated heterocycles. The van der Waals surface area contributed by atoms with Crippen LogP contribution in [0.25, 0.3) is 11.1 Å². The summed E-state index contributed by atoms with van der Waals surface area (Å²) in [6.07, 6.45) is 3.40. The summed E-state index contributed by atoms with van der Waals surface area (Å²) in [6, 6.07) is 17.9. The van der Waals surface area contributed by atoms with Gasteiger partial charge < -0.3 is 5.32 Å². The molecular weight excluding hydrogens is 262 g/mol. The first-order valence-corrected chi connectivity index (χ1v) is 8.54. The Hall–Kier alpha value is -1.25. The van der Waals surface area contributed by atoms with Gasteiger partial charge in [0.05, 0.1) is 6.04 Å². The fourth-order valence-electron chi connectivity index (χ4n) is 2.92. The predicted octanol–water partition coefficient (Wildman–Crippen LogP) is 4.49. The van der Waals surface area contributed by atoms with Gasteiger partial charge in [-0.05, 0) is 41.5 Å². The highest BCUT2D eigenvalue weighted by Crippen LogP contribution is 2.42. The molecule has 1 atom stereocenters. The van der Waals surface area contributed by atoms with Gasteiger partial charge in [0.25, 0.3) is 0 Å². The Labute approximate surface area is 125 Å². The van der Waals surface area contributed by atoms with E-state index in [0.717, 1.165) is 11.8 Å². The maximum Gasteiger partial charge on any atom is 0.0588 e. The second-order valence-corrected chi connectivity index (χ2v) is 6.67. The van der Waals surface area contributed by atoms with E-state index in [1.165, 1.54) is 28.7 Å². The fraction of sp³-hybridized carbons (Fsp3) is 0.333. The van der Waals surface area contributed by atoms with E-state index in [0.29, 0.717) is 6.04 Å². The van der Waals surface area contributed by atoms with Crippen molar-refractivity contribution >= 4 is 11.8 Å². The van der Waals surface area contributed by atoms with Crippen LogP contribution in [0.2, 0.25) is 0 Å². The summed E-state index contributed by atoms with van der Waals surface area (Å²) in [7, 11) is 0. The first-order chi connectivity index (χ1) is 9.81. The van der Waals surface area contributed by atoms with Gasteiger partial charge in [0.2, 0.25) is 0 Å². The van der Waals surface area contributed by atoms with Crippen LogP contribution in [0, 0.1) is 0 Å². The Bertz CT molecular complexity index is 548. The molecule has 0 aromatic heterocycles. The second kappa shape index (κ2) is 6.02. The van der Waals surface area contributed by atoms with E-state index in [4.69, 9.17) is 0 Å². The van der Waals surface area contributed by atoms with E-state index < -0.39 is 0 Å². The number of hydrogen-bond donors (Lipinski definition) is 1. The van der Waals surface area contributed by atoms with Gasteiger partial charge >= 0.3 is 0 Å². The third-order valence-corrected chi connectivity index (χ3v) is 5.18. The number of hydrogen-bond acceptors (Lipinski definition) is 2. The molecule has 0 spiro atoms. The van der Waals surface area contributed by atoms with Crippen LogP contribution < -0.4 is 5.32 Å². The maximum atomic E-state index is 3.75. The smallest absolute Gasteiger partial charge is 0.0588 e. The van der Waals surface area contributed by atoms with E-state index >= 15 is 0 Å². The van der Waals surface area contributed by atoms with Crippen LogP contribution in [0.3, 0.4) is 0 Å². The fourth-order valence-corrected chi connectivity index (χ4v) is 3.28. The zero-order valence-electron chi connectivity index (χ0n) is 12.1. The largest absolute Gasteiger partial charge is 0.306 e. The highest BCUT2D eigenvalue weighted by atomic mass is 32.2. The normalized spacial score (nSPS) is 14.9. The average Bonchev–Trinajstić information content (AvgIpc) is 2.82. The monoisotopic (exact) mass is 283 g/mol. The molecule has 1 nitrogen and oxygen atoms in total. The third-order valence-electron chi connectivity index (χ3n) is 4.14. The van der Waals surface area contributed by atoms with Gasteiger partial charge in [0.15, 0.2) is 0 Å². The predicted molar refractivity (Wildman–Crippen MR) is 89.3 cm³/mol. The molecule has 3 rings (SSSR count). The first kappa shape index (κ1) is 13.7. The van der Waals surface area contributed by atoms with Crippen molar-refractivity contribution in [1.29, 1.82) is 0 Å². The number of nitrogens with one attached hydrogen (secondary N) is 1. The molecule has 2 aromatic carbocycles. The zero-order valence-corrected chi connectivity index (χ0v) is 12.9. The number of rotatable bonds is 5. The summed E-state index contributed by atoms with van der Waals surface area (Å²) >= 11 is 1.94. The van der Waals surface area contributed by atoms with Crippen LogP contribution in [-0.2, 0) is 0 Å². The lowest BCUT2D eigenvalue weighted by Gasteiger charge is -2.17. The Morgan fingerprint density at radius 3 is 2.10 bits per heavy atom. The summed E-state index contributed by atoms with van der Waals surface area (Å²) in [4.78, 5) is 0. The van der Waals surface area contributed by atoms with Gasteiger partial charge in [0.1, 0.15) is 0 Å². The molecule has 0 amide bonds. The average molecular weight is 283 g/mol. The molecule has 0 heterocycles. The van der Waals surface area contributed by atoms with Gasteiger partial charge in [-0.1, -0.05) is 55.5 Å². The van der Waals surface area contributed by atoms with Crippen LogP contribution >= 0.6 is 11.8 Å². The molecular formula is C18H21NS. The highest BCUT2D eigenvalue weighted by molar-refractivity contribution is 7.99. The van der Waals surface area contributed by atoms with Gasteiger partial charge in [-0.25, -0.2) is 0 Å². The summed E-state index contributed by atoms with van der Waals surface area (Å²) in [5, 5.41) is 4.46. The van der Waals surface area contributed by atoms with Crippen LogP contribution in [-0.4, -0.2) is 18.1 Å². The molecule has 0 saturated carbocycles. The van der Waals surface area contributed by atoms with Crippen molar-refractivity contribution in [2.75, 3.05) is 12.8 Å². The van der Waals surface area contributed by atoms with Crippen LogP contribution in [0.5, 0.6) is 0 Å². The van der Waals surface area contributed by atoms with E-state index in [1.54, 1.807) is 0 Å². The molecule has 2 aromatic rings. The van der Waals surface area contributed by atoms with Gasteiger partial charge in [-0.2, -0.15) is 11.8 Å². The summed E-state index contributed by atoms with van der Waals surface area (Å²) in [5.74, 6) is 0. The minimum atomic E-state index is 0.358. The lowest BCUT2D eigenvalue weighted by molar-refractivity contribution is 0.591. The number of fused-ring (bicyclic) bond motifs is 3. The molecule has 1 unspecified atom stereocenters. The molecule has 0 bridgehead atoms. The lowest BCUT2D eigenvalue weighted by atomic mass is 10.1. The number of thioether (sulfide) groups is 1. The van der Waals surface area contributed by atoms with Gasteiger partial charge in [-0.3, -0.25) is 0 Å². The Balaban J connectivity index is 1.84. The van der Waals surface area contributed by atoms with E-state index in [2.05, 4.69) is 67.0 Å². The molecule has 2 heteroatoms. The summed E-state index contributed by atoms with van der Waals surface area (Å²) < 4.78 is 0. The van der Waals surface area contributed by atoms with E-state index in [-0.39, 0.29) is 0 Å². The quantitative estimate of drug-likeness (QED) is 0.868. The first-order valence-electron chi connectivity index (χ1n) is 7.25. The van der Waals surface area contributed by atoms with E-state index in [9.17, 15) is 0 Å². The third kappa shape index (κ3) is 2.50. The molecule has 1 aliphatic carbocycles. The minimum Gasteiger partial charge on any atom is -0.306 e. The summed E-state index contributed by atoms with van der Waals surface area (Å²) in [5.41, 5.74) is 5.62. The molecule has 20 heavy (non-hydrogen) atoms. The van der Waals surface area contributed by atoms with Crippen molar-refractivity contribution in [3.8, 4) is 11.1 Å². The molecule has 1 N–H and O–H groups in total. The summed E-state index contributed by atoms with van der Waals surface area (Å²) in [6.45, 7) is 3.36. The molecule has 1 aliphatic rings. The molecule has 0 aliphatic heterocycles. The second-order valence-electron chi connectivity index (χ2n) is 5.40. The van der Waals surface area contributed by atoms with Crippen LogP contribution in [0.15, 0.2) is 48.5 Å². The van der Waals surface area contributed by atoms with Crippen molar-refractivity contribution < 1.29 is 0 Å². The Morgan fingerprint density at radius 1 is 1.00 bits per heavy atom. The van der Waals surface area contributed by atoms with E-state index in [1.807, 2.05) is 11.8 Å². The topological polar surface area (TPSA) is 12.0 Å². The standard InChI is InChI=1S/C18H21NS/c1-13(20-2)11-12-19-18-16-9-5-3-7-14(16)15-8-4-6-10-17(15)18/h3-10,13,18-19H,11-12H2,1-2H3.